The number of carbonyl (C=O) groups is 4. The Balaban J connectivity index is 1.08. The van der Waals surface area contributed by atoms with Crippen LogP contribution in [0.1, 0.15) is 47.0 Å². The zero-order valence-corrected chi connectivity index (χ0v) is 29.8. The van der Waals surface area contributed by atoms with Crippen LogP contribution >= 0.6 is 23.1 Å². The number of hydrogen-bond acceptors (Lipinski definition) is 11. The lowest BCUT2D eigenvalue weighted by Crippen LogP contribution is -2.42. The van der Waals surface area contributed by atoms with Crippen molar-refractivity contribution in [3.63, 3.8) is 0 Å². The quantitative estimate of drug-likeness (QED) is 0.109. The van der Waals surface area contributed by atoms with Crippen LogP contribution in [-0.2, 0) is 19.1 Å². The molecule has 268 valence electrons. The first-order valence-corrected chi connectivity index (χ1v) is 18.9. The molecule has 52 heavy (non-hydrogen) atoms. The molecule has 0 spiro atoms. The van der Waals surface area contributed by atoms with Crippen molar-refractivity contribution in [1.29, 1.82) is 0 Å². The molecular formula is C38H35N3O9S2. The Labute approximate surface area is 306 Å². The first kappa shape index (κ1) is 34.0. The summed E-state index contributed by atoms with van der Waals surface area (Å²) in [7, 11) is 0. The number of H-pyrrole nitrogens is 1. The number of carbonyl (C=O) groups excluding carboxylic acids is 4. The molecule has 3 aromatic carbocycles. The summed E-state index contributed by atoms with van der Waals surface area (Å²) < 4.78 is 17.0. The minimum absolute atomic E-state index is 0.00745. The number of rotatable bonds is 10. The average molecular weight is 742 g/mol. The van der Waals surface area contributed by atoms with Crippen molar-refractivity contribution in [2.24, 2.45) is 29.6 Å². The van der Waals surface area contributed by atoms with E-state index in [9.17, 15) is 29.1 Å². The fourth-order valence-corrected chi connectivity index (χ4v) is 11.5. The molecule has 14 heteroatoms. The maximum Gasteiger partial charge on any atom is 0.338 e. The molecular weight excluding hydrogens is 707 g/mol. The third-order valence-electron chi connectivity index (χ3n) is 10.5. The summed E-state index contributed by atoms with van der Waals surface area (Å²) in [5.74, 6) is -1.79. The van der Waals surface area contributed by atoms with Crippen molar-refractivity contribution in [1.82, 2.24) is 4.98 Å². The fourth-order valence-electron chi connectivity index (χ4n) is 8.60. The van der Waals surface area contributed by atoms with Gasteiger partial charge in [-0.3, -0.25) is 24.1 Å². The van der Waals surface area contributed by atoms with Gasteiger partial charge in [0, 0.05) is 21.7 Å². The second-order valence-electron chi connectivity index (χ2n) is 13.3. The Morgan fingerprint density at radius 1 is 0.904 bits per heavy atom. The molecule has 7 atom stereocenters. The molecule has 2 aliphatic carbocycles. The normalized spacial score (nSPS) is 25.3. The van der Waals surface area contributed by atoms with E-state index >= 15 is 0 Å². The molecule has 6 unspecified atom stereocenters. The van der Waals surface area contributed by atoms with Crippen LogP contribution in [0.3, 0.4) is 0 Å². The number of anilines is 2. The van der Waals surface area contributed by atoms with Crippen LogP contribution in [0.25, 0.3) is 0 Å². The number of hydrogen-bond donors (Lipinski definition) is 3. The standard InChI is InChI=1S/C38H35N3O9S2/c1-3-48-26-15-19(7-14-25(26)50-17-27(43)39-20-8-12-22(42)13-9-20)28-29-23-16-24(32(29)51-34-33(28)52-38(47)40-34)31-30(23)35(44)41(36(31)45)21-10-5-18(6-11-21)37(46)49-4-2/h5-15,23-24,28-32,42H,3-4,16-17H2,1-2H3,(H,39,43)(H,40,47)/t23?,24?,28-,29?,30?,31?,32?/m1/s1. The number of amides is 3. The van der Waals surface area contributed by atoms with Crippen molar-refractivity contribution in [2.45, 2.75) is 36.5 Å². The number of thiazole rings is 1. The Hall–Kier alpha value is -5.08. The lowest BCUT2D eigenvalue weighted by atomic mass is 9.68. The summed E-state index contributed by atoms with van der Waals surface area (Å²) in [6.45, 7) is 3.89. The minimum Gasteiger partial charge on any atom is -0.508 e. The van der Waals surface area contributed by atoms with Gasteiger partial charge in [-0.05, 0) is 104 Å². The third kappa shape index (κ3) is 5.73. The van der Waals surface area contributed by atoms with E-state index in [-0.39, 0.29) is 70.5 Å². The van der Waals surface area contributed by atoms with E-state index in [1.807, 2.05) is 19.1 Å². The second-order valence-corrected chi connectivity index (χ2v) is 15.5. The minimum atomic E-state index is -0.496. The third-order valence-corrected chi connectivity index (χ3v) is 13.1. The van der Waals surface area contributed by atoms with Crippen molar-refractivity contribution < 1.29 is 38.5 Å². The summed E-state index contributed by atoms with van der Waals surface area (Å²) in [6, 6.07) is 18.1. The van der Waals surface area contributed by atoms with E-state index in [1.54, 1.807) is 61.2 Å². The van der Waals surface area contributed by atoms with Gasteiger partial charge in [0.2, 0.25) is 11.8 Å². The number of benzene rings is 3. The summed E-state index contributed by atoms with van der Waals surface area (Å²) in [5, 5.41) is 13.0. The van der Waals surface area contributed by atoms with Gasteiger partial charge < -0.3 is 29.6 Å². The van der Waals surface area contributed by atoms with Gasteiger partial charge >= 0.3 is 10.8 Å². The summed E-state index contributed by atoms with van der Waals surface area (Å²) in [6.07, 6.45) is 0.732. The van der Waals surface area contributed by atoms with E-state index in [0.29, 0.717) is 35.0 Å². The Morgan fingerprint density at radius 3 is 2.35 bits per heavy atom. The van der Waals surface area contributed by atoms with E-state index in [4.69, 9.17) is 14.2 Å². The van der Waals surface area contributed by atoms with Crippen LogP contribution in [0.5, 0.6) is 17.2 Å². The van der Waals surface area contributed by atoms with Crippen molar-refractivity contribution in [2.75, 3.05) is 30.0 Å². The number of imide groups is 1. The van der Waals surface area contributed by atoms with Crippen LogP contribution in [0.4, 0.5) is 11.4 Å². The van der Waals surface area contributed by atoms with Crippen LogP contribution in [0.15, 0.2) is 76.6 Å². The first-order valence-electron chi connectivity index (χ1n) is 17.2. The maximum atomic E-state index is 14.2. The molecule has 2 bridgehead atoms. The highest BCUT2D eigenvalue weighted by Crippen LogP contribution is 2.68. The Morgan fingerprint density at radius 2 is 1.63 bits per heavy atom. The lowest BCUT2D eigenvalue weighted by Gasteiger charge is -2.43. The molecule has 3 N–H and O–H groups in total. The SMILES string of the molecule is CCOC(=O)c1ccc(N2C(=O)C3C4CC(C3C2=O)C2C4Sc3[nH]c(=O)sc3[C@@H]2c2ccc(OCC(=O)Nc3ccc(O)cc3)c(OCC)c2)cc1. The number of fused-ring (bicyclic) bond motifs is 9. The molecule has 1 aromatic heterocycles. The van der Waals surface area contributed by atoms with Gasteiger partial charge in [0.05, 0.1) is 41.3 Å². The van der Waals surface area contributed by atoms with E-state index in [0.717, 1.165) is 21.9 Å². The molecule has 2 aliphatic heterocycles. The Kier molecular flexibility index (Phi) is 8.82. The number of thioether (sulfide) groups is 1. The van der Waals surface area contributed by atoms with Gasteiger partial charge in [0.25, 0.3) is 5.91 Å². The molecule has 0 radical (unpaired) electrons. The van der Waals surface area contributed by atoms with Crippen LogP contribution in [-0.4, -0.2) is 58.9 Å². The van der Waals surface area contributed by atoms with Gasteiger partial charge in [0.1, 0.15) is 5.75 Å². The molecule has 12 nitrogen and oxygen atoms in total. The Bertz CT molecular complexity index is 2130. The molecule has 3 amide bonds. The van der Waals surface area contributed by atoms with E-state index in [1.165, 1.54) is 28.4 Å². The number of nitrogens with zero attached hydrogens (tertiary/aromatic N) is 1. The van der Waals surface area contributed by atoms with Gasteiger partial charge in [-0.15, -0.1) is 11.8 Å². The number of esters is 1. The topological polar surface area (TPSA) is 164 Å². The van der Waals surface area contributed by atoms with Gasteiger partial charge in [-0.1, -0.05) is 17.4 Å². The lowest BCUT2D eigenvalue weighted by molar-refractivity contribution is -0.123. The zero-order chi connectivity index (χ0) is 36.3. The van der Waals surface area contributed by atoms with Crippen LogP contribution in [0.2, 0.25) is 0 Å². The molecule has 8 rings (SSSR count). The summed E-state index contributed by atoms with van der Waals surface area (Å²) >= 11 is 2.77. The van der Waals surface area contributed by atoms with Crippen molar-refractivity contribution in [3.8, 4) is 17.2 Å². The van der Waals surface area contributed by atoms with Gasteiger partial charge in [-0.25, -0.2) is 4.79 Å². The number of aromatic nitrogens is 1. The molecule has 2 saturated carbocycles. The van der Waals surface area contributed by atoms with Gasteiger partial charge in [-0.2, -0.15) is 0 Å². The smallest absolute Gasteiger partial charge is 0.338 e. The predicted octanol–water partition coefficient (Wildman–Crippen LogP) is 5.41. The monoisotopic (exact) mass is 741 g/mol. The van der Waals surface area contributed by atoms with Crippen LogP contribution in [0, 0.1) is 29.6 Å². The number of aromatic hydroxyl groups is 1. The molecule has 3 heterocycles. The number of aromatic amines is 1. The van der Waals surface area contributed by atoms with Gasteiger partial charge in [0.15, 0.2) is 18.1 Å². The summed E-state index contributed by atoms with van der Waals surface area (Å²) in [5.41, 5.74) is 2.18. The largest absolute Gasteiger partial charge is 0.508 e. The number of ether oxygens (including phenoxy) is 3. The van der Waals surface area contributed by atoms with E-state index in [2.05, 4.69) is 10.3 Å². The molecule has 4 aliphatic rings. The maximum absolute atomic E-state index is 14.2. The number of phenolic OH excluding ortho intramolecular Hbond substituents is 1. The highest BCUT2D eigenvalue weighted by Gasteiger charge is 2.69. The number of phenols is 1. The second kappa shape index (κ2) is 13.5. The molecule has 1 saturated heterocycles. The van der Waals surface area contributed by atoms with Crippen LogP contribution < -0.4 is 24.6 Å². The average Bonchev–Trinajstić information content (AvgIpc) is 3.87. The van der Waals surface area contributed by atoms with Crippen molar-refractivity contribution >= 4 is 58.2 Å². The zero-order valence-electron chi connectivity index (χ0n) is 28.2. The number of nitrogens with one attached hydrogen (secondary N) is 2. The first-order chi connectivity index (χ1) is 25.2. The summed E-state index contributed by atoms with van der Waals surface area (Å²) in [4.78, 5) is 70.9. The fraction of sp³-hybridized carbons (Fsp3) is 0.342. The molecule has 3 fully saturated rings. The molecule has 4 aromatic rings. The predicted molar refractivity (Wildman–Crippen MR) is 193 cm³/mol. The van der Waals surface area contributed by atoms with Crippen molar-refractivity contribution in [3.05, 3.63) is 92.4 Å². The van der Waals surface area contributed by atoms with E-state index < -0.39 is 17.8 Å². The highest BCUT2D eigenvalue weighted by molar-refractivity contribution is 8.00. The highest BCUT2D eigenvalue weighted by atomic mass is 32.2.